The molecule has 1 aromatic carbocycles. The van der Waals surface area contributed by atoms with Gasteiger partial charge in [0.15, 0.2) is 23.6 Å². The number of rotatable bonds is 7. The Morgan fingerprint density at radius 3 is 2.53 bits per heavy atom. The normalized spacial score (nSPS) is 12.5. The standard InChI is InChI=1S/C22H22ClF4N5O4/c1-5-31-16(9-33)30-32(21(31)35)18-15(24)8-13(20(29-18)36-12(4)22(25,26)27)19(34)28-17-11(3)10(2)6-7-14(17)23/h6-8,12,33H,5,9H2,1-4H3,(H,28,34). The molecule has 9 nitrogen and oxygen atoms in total. The molecule has 3 aromatic rings. The van der Waals surface area contributed by atoms with E-state index in [9.17, 15) is 27.9 Å². The molecule has 194 valence electrons. The molecule has 0 aliphatic carbocycles. The van der Waals surface area contributed by atoms with E-state index in [0.717, 1.165) is 10.1 Å². The van der Waals surface area contributed by atoms with Crippen molar-refractivity contribution in [2.24, 2.45) is 0 Å². The molecule has 0 aliphatic heterocycles. The van der Waals surface area contributed by atoms with Crippen molar-refractivity contribution in [3.05, 3.63) is 62.0 Å². The first-order valence-electron chi connectivity index (χ1n) is 10.6. The summed E-state index contributed by atoms with van der Waals surface area (Å²) in [6.45, 7) is 5.07. The van der Waals surface area contributed by atoms with E-state index < -0.39 is 53.6 Å². The number of ether oxygens (including phenoxy) is 1. The van der Waals surface area contributed by atoms with Crippen molar-refractivity contribution in [1.82, 2.24) is 19.3 Å². The third-order valence-corrected chi connectivity index (χ3v) is 5.75. The van der Waals surface area contributed by atoms with Crippen LogP contribution in [0.3, 0.4) is 0 Å². The molecule has 0 fully saturated rings. The van der Waals surface area contributed by atoms with E-state index in [1.54, 1.807) is 26.8 Å². The average Bonchev–Trinajstić information content (AvgIpc) is 3.14. The molecular weight excluding hydrogens is 510 g/mol. The predicted octanol–water partition coefficient (Wildman–Crippen LogP) is 3.93. The number of carbonyl (C=O) groups is 1. The van der Waals surface area contributed by atoms with Crippen LogP contribution in [-0.2, 0) is 13.2 Å². The monoisotopic (exact) mass is 531 g/mol. The van der Waals surface area contributed by atoms with Crippen LogP contribution in [0.1, 0.15) is 41.2 Å². The number of anilines is 1. The minimum atomic E-state index is -4.84. The maximum atomic E-state index is 15.1. The Labute approximate surface area is 207 Å². The fourth-order valence-electron chi connectivity index (χ4n) is 3.22. The number of carbonyl (C=O) groups excluding carboxylic acids is 1. The van der Waals surface area contributed by atoms with Crippen LogP contribution in [0, 0.1) is 19.7 Å². The topological polar surface area (TPSA) is 111 Å². The molecule has 0 radical (unpaired) electrons. The zero-order valence-corrected chi connectivity index (χ0v) is 20.3. The Morgan fingerprint density at radius 1 is 1.31 bits per heavy atom. The van der Waals surface area contributed by atoms with E-state index in [0.29, 0.717) is 23.2 Å². The lowest BCUT2D eigenvalue weighted by molar-refractivity contribution is -0.190. The molecule has 1 amide bonds. The Kier molecular flexibility index (Phi) is 7.74. The van der Waals surface area contributed by atoms with Crippen molar-refractivity contribution in [2.75, 3.05) is 5.32 Å². The van der Waals surface area contributed by atoms with Gasteiger partial charge in [-0.1, -0.05) is 17.7 Å². The Morgan fingerprint density at radius 2 is 1.97 bits per heavy atom. The minimum Gasteiger partial charge on any atom is -0.464 e. The molecule has 2 heterocycles. The maximum Gasteiger partial charge on any atom is 0.425 e. The van der Waals surface area contributed by atoms with Crippen LogP contribution in [0.5, 0.6) is 5.88 Å². The highest BCUT2D eigenvalue weighted by atomic mass is 35.5. The third kappa shape index (κ3) is 5.21. The number of benzene rings is 1. The summed E-state index contributed by atoms with van der Waals surface area (Å²) in [5.74, 6) is -4.12. The number of aryl methyl sites for hydroxylation is 1. The lowest BCUT2D eigenvalue weighted by Crippen LogP contribution is -2.33. The summed E-state index contributed by atoms with van der Waals surface area (Å²) >= 11 is 6.16. The number of hydrogen-bond acceptors (Lipinski definition) is 6. The number of nitrogens with zero attached hydrogens (tertiary/aromatic N) is 4. The SMILES string of the molecule is CCn1c(CO)nn(-c2nc(OC(C)C(F)(F)F)c(C(=O)Nc3c(Cl)ccc(C)c3C)cc2F)c1=O. The smallest absolute Gasteiger partial charge is 0.425 e. The third-order valence-electron chi connectivity index (χ3n) is 5.44. The zero-order valence-electron chi connectivity index (χ0n) is 19.6. The van der Waals surface area contributed by atoms with Crippen molar-refractivity contribution in [1.29, 1.82) is 0 Å². The highest BCUT2D eigenvalue weighted by Gasteiger charge is 2.39. The van der Waals surface area contributed by atoms with Gasteiger partial charge < -0.3 is 15.2 Å². The van der Waals surface area contributed by atoms with E-state index in [4.69, 9.17) is 16.3 Å². The minimum absolute atomic E-state index is 0.0713. The van der Waals surface area contributed by atoms with Crippen LogP contribution in [0.25, 0.3) is 5.82 Å². The van der Waals surface area contributed by atoms with Crippen LogP contribution < -0.4 is 15.7 Å². The largest absolute Gasteiger partial charge is 0.464 e. The number of amides is 1. The lowest BCUT2D eigenvalue weighted by Gasteiger charge is -2.20. The molecule has 2 aromatic heterocycles. The summed E-state index contributed by atoms with van der Waals surface area (Å²) in [5.41, 5.74) is -0.0504. The molecule has 1 unspecified atom stereocenters. The fourth-order valence-corrected chi connectivity index (χ4v) is 3.48. The molecule has 14 heteroatoms. The van der Waals surface area contributed by atoms with Gasteiger partial charge in [-0.05, 0) is 51.0 Å². The molecule has 0 spiro atoms. The summed E-state index contributed by atoms with van der Waals surface area (Å²) in [6.07, 6.45) is -7.28. The highest BCUT2D eigenvalue weighted by Crippen LogP contribution is 2.31. The average molecular weight is 532 g/mol. The van der Waals surface area contributed by atoms with Gasteiger partial charge >= 0.3 is 11.9 Å². The van der Waals surface area contributed by atoms with Gasteiger partial charge in [0.25, 0.3) is 5.91 Å². The van der Waals surface area contributed by atoms with Gasteiger partial charge in [0, 0.05) is 6.54 Å². The van der Waals surface area contributed by atoms with Gasteiger partial charge in [0.1, 0.15) is 12.2 Å². The van der Waals surface area contributed by atoms with Crippen molar-refractivity contribution < 1.29 is 32.2 Å². The molecule has 3 rings (SSSR count). The Hall–Kier alpha value is -3.45. The molecule has 0 saturated carbocycles. The molecule has 2 N–H and O–H groups in total. The predicted molar refractivity (Wildman–Crippen MR) is 122 cm³/mol. The maximum absolute atomic E-state index is 15.1. The first-order valence-corrected chi connectivity index (χ1v) is 11.0. The van der Waals surface area contributed by atoms with E-state index in [1.807, 2.05) is 0 Å². The van der Waals surface area contributed by atoms with Crippen molar-refractivity contribution in [3.8, 4) is 11.7 Å². The van der Waals surface area contributed by atoms with Crippen LogP contribution in [0.2, 0.25) is 5.02 Å². The second-order valence-corrected chi connectivity index (χ2v) is 8.19. The number of aliphatic hydroxyl groups is 1. The van der Waals surface area contributed by atoms with Crippen LogP contribution in [-0.4, -0.2) is 42.6 Å². The number of nitrogens with one attached hydrogen (secondary N) is 1. The molecule has 36 heavy (non-hydrogen) atoms. The van der Waals surface area contributed by atoms with E-state index in [-0.39, 0.29) is 23.1 Å². The van der Waals surface area contributed by atoms with E-state index in [1.165, 1.54) is 6.07 Å². The Bertz CT molecular complexity index is 1370. The van der Waals surface area contributed by atoms with Crippen molar-refractivity contribution in [2.45, 2.75) is 53.1 Å². The molecular formula is C22H22ClF4N5O4. The number of pyridine rings is 1. The quantitative estimate of drug-likeness (QED) is 0.447. The van der Waals surface area contributed by atoms with Crippen molar-refractivity contribution >= 4 is 23.2 Å². The molecule has 0 aliphatic rings. The summed E-state index contributed by atoms with van der Waals surface area (Å²) in [7, 11) is 0. The van der Waals surface area contributed by atoms with Gasteiger partial charge in [-0.25, -0.2) is 9.18 Å². The Balaban J connectivity index is 2.17. The lowest BCUT2D eigenvalue weighted by atomic mass is 10.1. The van der Waals surface area contributed by atoms with Crippen molar-refractivity contribution in [3.63, 3.8) is 0 Å². The van der Waals surface area contributed by atoms with Gasteiger partial charge in [-0.3, -0.25) is 9.36 Å². The number of halogens is 5. The summed E-state index contributed by atoms with van der Waals surface area (Å²) in [6, 6.07) is 3.81. The molecule has 0 bridgehead atoms. The summed E-state index contributed by atoms with van der Waals surface area (Å²) < 4.78 is 61.2. The molecule has 0 saturated heterocycles. The van der Waals surface area contributed by atoms with E-state index in [2.05, 4.69) is 15.4 Å². The van der Waals surface area contributed by atoms with Gasteiger partial charge in [-0.2, -0.15) is 22.8 Å². The fraction of sp³-hybridized carbons (Fsp3) is 0.364. The first-order chi connectivity index (χ1) is 16.8. The second-order valence-electron chi connectivity index (χ2n) is 7.78. The first kappa shape index (κ1) is 27.1. The highest BCUT2D eigenvalue weighted by molar-refractivity contribution is 6.34. The number of alkyl halides is 3. The van der Waals surface area contributed by atoms with Crippen LogP contribution in [0.15, 0.2) is 23.0 Å². The number of aromatic nitrogens is 4. The number of aliphatic hydroxyl groups excluding tert-OH is 1. The summed E-state index contributed by atoms with van der Waals surface area (Å²) in [4.78, 5) is 29.4. The van der Waals surface area contributed by atoms with Crippen LogP contribution >= 0.6 is 11.6 Å². The van der Waals surface area contributed by atoms with Gasteiger partial charge in [-0.15, -0.1) is 5.10 Å². The molecule has 1 atom stereocenters. The van der Waals surface area contributed by atoms with E-state index >= 15 is 4.39 Å². The van der Waals surface area contributed by atoms with Gasteiger partial charge in [0.2, 0.25) is 5.88 Å². The second kappa shape index (κ2) is 10.3. The van der Waals surface area contributed by atoms with Gasteiger partial charge in [0.05, 0.1) is 10.7 Å². The summed E-state index contributed by atoms with van der Waals surface area (Å²) in [5, 5.41) is 15.8. The number of hydrogen-bond donors (Lipinski definition) is 2. The van der Waals surface area contributed by atoms with Crippen LogP contribution in [0.4, 0.5) is 23.2 Å². The zero-order chi connectivity index (χ0) is 26.9.